The number of hydrogen-bond donors (Lipinski definition) is 1. The number of carboxylic acid groups (broad SMARTS) is 1. The molecule has 0 unspecified atom stereocenters. The molecule has 1 N–H and O–H groups in total. The van der Waals surface area contributed by atoms with Gasteiger partial charge in [-0.1, -0.05) is 30.3 Å². The molecule has 0 aliphatic heterocycles. The number of rotatable bonds is 4. The van der Waals surface area contributed by atoms with E-state index in [0.717, 1.165) is 11.3 Å². The van der Waals surface area contributed by atoms with Gasteiger partial charge >= 0.3 is 5.97 Å². The van der Waals surface area contributed by atoms with Crippen LogP contribution in [0.1, 0.15) is 16.9 Å². The van der Waals surface area contributed by atoms with Gasteiger partial charge in [0.2, 0.25) is 0 Å². The minimum absolute atomic E-state index is 0.0122. The van der Waals surface area contributed by atoms with Crippen LogP contribution in [0.4, 0.5) is 0 Å². The quantitative estimate of drug-likeness (QED) is 0.854. The Labute approximate surface area is 93.3 Å². The lowest BCUT2D eigenvalue weighted by Gasteiger charge is -1.95. The molecule has 3 heteroatoms. The summed E-state index contributed by atoms with van der Waals surface area (Å²) in [6.07, 6.45) is 2.21. The zero-order valence-corrected chi connectivity index (χ0v) is 8.72. The van der Waals surface area contributed by atoms with Crippen molar-refractivity contribution in [3.05, 3.63) is 59.5 Å². The highest BCUT2D eigenvalue weighted by Crippen LogP contribution is 2.13. The Hall–Kier alpha value is -2.03. The van der Waals surface area contributed by atoms with Crippen molar-refractivity contribution in [2.24, 2.45) is 0 Å². The van der Waals surface area contributed by atoms with Gasteiger partial charge < -0.3 is 9.52 Å². The molecule has 16 heavy (non-hydrogen) atoms. The molecule has 82 valence electrons. The maximum absolute atomic E-state index is 10.5. The van der Waals surface area contributed by atoms with Crippen molar-refractivity contribution >= 4 is 5.97 Å². The van der Waals surface area contributed by atoms with Gasteiger partial charge in [0.05, 0.1) is 12.7 Å². The molecule has 1 aromatic carbocycles. The molecule has 0 atom stereocenters. The lowest BCUT2D eigenvalue weighted by molar-refractivity contribution is -0.136. The van der Waals surface area contributed by atoms with E-state index in [9.17, 15) is 4.79 Å². The molecule has 0 aliphatic carbocycles. The van der Waals surface area contributed by atoms with E-state index < -0.39 is 5.97 Å². The topological polar surface area (TPSA) is 50.4 Å². The van der Waals surface area contributed by atoms with Gasteiger partial charge in [-0.15, -0.1) is 0 Å². The zero-order valence-electron chi connectivity index (χ0n) is 8.72. The fourth-order valence-electron chi connectivity index (χ4n) is 1.58. The summed E-state index contributed by atoms with van der Waals surface area (Å²) in [7, 11) is 0. The van der Waals surface area contributed by atoms with Crippen molar-refractivity contribution in [2.75, 3.05) is 0 Å². The number of benzene rings is 1. The normalized spacial score (nSPS) is 10.2. The minimum atomic E-state index is -0.841. The molecule has 0 fully saturated rings. The maximum Gasteiger partial charge on any atom is 0.307 e. The molecule has 1 heterocycles. The minimum Gasteiger partial charge on any atom is -0.481 e. The molecule has 0 saturated carbocycles. The van der Waals surface area contributed by atoms with E-state index in [-0.39, 0.29) is 6.42 Å². The van der Waals surface area contributed by atoms with E-state index >= 15 is 0 Å². The summed E-state index contributed by atoms with van der Waals surface area (Å²) >= 11 is 0. The van der Waals surface area contributed by atoms with Gasteiger partial charge in [-0.05, 0) is 11.6 Å². The largest absolute Gasteiger partial charge is 0.481 e. The lowest BCUT2D eigenvalue weighted by Crippen LogP contribution is -1.98. The standard InChI is InChI=1S/C13H12O3/c14-13(15)8-11-7-12(16-9-11)6-10-4-2-1-3-5-10/h1-5,7,9H,6,8H2,(H,14,15). The smallest absolute Gasteiger partial charge is 0.307 e. The molecule has 0 bridgehead atoms. The number of carboxylic acids is 1. The van der Waals surface area contributed by atoms with Gasteiger partial charge in [-0.25, -0.2) is 0 Å². The van der Waals surface area contributed by atoms with Gasteiger partial charge in [0, 0.05) is 12.0 Å². The third-order valence-electron chi connectivity index (χ3n) is 2.28. The average Bonchev–Trinajstić information content (AvgIpc) is 2.66. The SMILES string of the molecule is O=C(O)Cc1coc(Cc2ccccc2)c1. The fourth-order valence-corrected chi connectivity index (χ4v) is 1.58. The molecular formula is C13H12O3. The second-order valence-corrected chi connectivity index (χ2v) is 3.65. The molecular weight excluding hydrogens is 204 g/mol. The molecule has 0 radical (unpaired) electrons. The summed E-state index contributed by atoms with van der Waals surface area (Å²) in [5.41, 5.74) is 1.86. The zero-order chi connectivity index (χ0) is 11.4. The van der Waals surface area contributed by atoms with Gasteiger partial charge in [-0.3, -0.25) is 4.79 Å². The highest BCUT2D eigenvalue weighted by molar-refractivity contribution is 5.70. The molecule has 2 aromatic rings. The Morgan fingerprint density at radius 2 is 1.94 bits per heavy atom. The maximum atomic E-state index is 10.5. The van der Waals surface area contributed by atoms with Crippen molar-refractivity contribution in [2.45, 2.75) is 12.8 Å². The van der Waals surface area contributed by atoms with Crippen LogP contribution in [-0.2, 0) is 17.6 Å². The van der Waals surface area contributed by atoms with Crippen molar-refractivity contribution in [3.63, 3.8) is 0 Å². The Bertz CT molecular complexity index is 471. The Morgan fingerprint density at radius 1 is 1.19 bits per heavy atom. The van der Waals surface area contributed by atoms with Crippen LogP contribution < -0.4 is 0 Å². The predicted molar refractivity (Wildman–Crippen MR) is 59.3 cm³/mol. The van der Waals surface area contributed by atoms with E-state index in [2.05, 4.69) is 0 Å². The third-order valence-corrected chi connectivity index (χ3v) is 2.28. The van der Waals surface area contributed by atoms with Gasteiger partial charge in [0.25, 0.3) is 0 Å². The van der Waals surface area contributed by atoms with Crippen LogP contribution in [0.25, 0.3) is 0 Å². The fraction of sp³-hybridized carbons (Fsp3) is 0.154. The first-order chi connectivity index (χ1) is 7.74. The monoisotopic (exact) mass is 216 g/mol. The van der Waals surface area contributed by atoms with Crippen LogP contribution in [0.2, 0.25) is 0 Å². The van der Waals surface area contributed by atoms with E-state index in [0.29, 0.717) is 12.0 Å². The molecule has 0 spiro atoms. The third kappa shape index (κ3) is 2.73. The molecule has 0 amide bonds. The highest BCUT2D eigenvalue weighted by Gasteiger charge is 2.06. The summed E-state index contributed by atoms with van der Waals surface area (Å²) in [4.78, 5) is 10.5. The van der Waals surface area contributed by atoms with E-state index in [1.54, 1.807) is 6.07 Å². The molecule has 2 rings (SSSR count). The van der Waals surface area contributed by atoms with Crippen molar-refractivity contribution in [1.29, 1.82) is 0 Å². The average molecular weight is 216 g/mol. The summed E-state index contributed by atoms with van der Waals surface area (Å²) in [5, 5.41) is 8.62. The second kappa shape index (κ2) is 4.66. The highest BCUT2D eigenvalue weighted by atomic mass is 16.4. The summed E-state index contributed by atoms with van der Waals surface area (Å²) in [6, 6.07) is 11.7. The first kappa shape index (κ1) is 10.5. The van der Waals surface area contributed by atoms with Crippen LogP contribution in [0.15, 0.2) is 47.1 Å². The van der Waals surface area contributed by atoms with Crippen LogP contribution >= 0.6 is 0 Å². The Balaban J connectivity index is 2.06. The first-order valence-corrected chi connectivity index (χ1v) is 5.06. The van der Waals surface area contributed by atoms with E-state index in [1.807, 2.05) is 30.3 Å². The lowest BCUT2D eigenvalue weighted by atomic mass is 10.1. The molecule has 3 nitrogen and oxygen atoms in total. The van der Waals surface area contributed by atoms with Crippen molar-refractivity contribution < 1.29 is 14.3 Å². The summed E-state index contributed by atoms with van der Waals surface area (Å²) in [6.45, 7) is 0. The van der Waals surface area contributed by atoms with E-state index in [4.69, 9.17) is 9.52 Å². The van der Waals surface area contributed by atoms with Gasteiger partial charge in [0.1, 0.15) is 5.76 Å². The summed E-state index contributed by atoms with van der Waals surface area (Å²) in [5.74, 6) is -0.0467. The van der Waals surface area contributed by atoms with Gasteiger partial charge in [-0.2, -0.15) is 0 Å². The molecule has 0 saturated heterocycles. The molecule has 0 aliphatic rings. The number of furan rings is 1. The van der Waals surface area contributed by atoms with Crippen molar-refractivity contribution in [1.82, 2.24) is 0 Å². The number of aliphatic carboxylic acids is 1. The van der Waals surface area contributed by atoms with Crippen molar-refractivity contribution in [3.8, 4) is 0 Å². The predicted octanol–water partition coefficient (Wildman–Crippen LogP) is 2.50. The Morgan fingerprint density at radius 3 is 2.62 bits per heavy atom. The second-order valence-electron chi connectivity index (χ2n) is 3.65. The molecule has 1 aromatic heterocycles. The van der Waals surface area contributed by atoms with E-state index in [1.165, 1.54) is 6.26 Å². The van der Waals surface area contributed by atoms with Crippen LogP contribution in [-0.4, -0.2) is 11.1 Å². The first-order valence-electron chi connectivity index (χ1n) is 5.06. The number of hydrogen-bond acceptors (Lipinski definition) is 2. The Kier molecular flexibility index (Phi) is 3.05. The van der Waals surface area contributed by atoms with Crippen LogP contribution in [0, 0.1) is 0 Å². The summed E-state index contributed by atoms with van der Waals surface area (Å²) < 4.78 is 5.31. The van der Waals surface area contributed by atoms with Crippen LogP contribution in [0.3, 0.4) is 0 Å². The number of carbonyl (C=O) groups is 1. The van der Waals surface area contributed by atoms with Crippen LogP contribution in [0.5, 0.6) is 0 Å². The van der Waals surface area contributed by atoms with Gasteiger partial charge in [0.15, 0.2) is 0 Å².